The molecule has 2 aromatic rings. The van der Waals surface area contributed by atoms with Crippen molar-refractivity contribution >= 4 is 33.6 Å². The highest BCUT2D eigenvalue weighted by atomic mass is 32.2. The predicted octanol–water partition coefficient (Wildman–Crippen LogP) is 1.95. The van der Waals surface area contributed by atoms with Crippen LogP contribution < -0.4 is 15.8 Å². The summed E-state index contributed by atoms with van der Waals surface area (Å²) in [5, 5.41) is 10.4. The number of carbonyl (C=O) groups excluding carboxylic acids is 3. The first kappa shape index (κ1) is 22.4. The van der Waals surface area contributed by atoms with E-state index in [-0.39, 0.29) is 28.2 Å². The van der Waals surface area contributed by atoms with Crippen molar-refractivity contribution in [2.24, 2.45) is 11.1 Å². The first-order valence-corrected chi connectivity index (χ1v) is 11.3. The van der Waals surface area contributed by atoms with Gasteiger partial charge in [0.25, 0.3) is 11.8 Å². The third-order valence-corrected chi connectivity index (χ3v) is 5.66. The maximum atomic E-state index is 12.5. The monoisotopic (exact) mass is 444 g/mol. The van der Waals surface area contributed by atoms with E-state index in [1.54, 1.807) is 24.3 Å². The van der Waals surface area contributed by atoms with Crippen molar-refractivity contribution in [3.05, 3.63) is 59.2 Å². The van der Waals surface area contributed by atoms with E-state index >= 15 is 0 Å². The molecule has 1 aliphatic rings. The van der Waals surface area contributed by atoms with E-state index in [0.29, 0.717) is 30.8 Å². The molecule has 4 N–H and O–H groups in total. The largest absolute Gasteiger partial charge is 0.338 e. The number of carbonyl (C=O) groups is 3. The van der Waals surface area contributed by atoms with Crippen molar-refractivity contribution in [3.63, 3.8) is 0 Å². The van der Waals surface area contributed by atoms with Gasteiger partial charge in [0.2, 0.25) is 10.0 Å². The second-order valence-corrected chi connectivity index (χ2v) is 9.26. The van der Waals surface area contributed by atoms with Gasteiger partial charge in [0, 0.05) is 18.8 Å². The normalized spacial score (nSPS) is 13.5. The topological polar surface area (TPSA) is 139 Å². The summed E-state index contributed by atoms with van der Waals surface area (Å²) >= 11 is 0. The van der Waals surface area contributed by atoms with Gasteiger partial charge in [-0.3, -0.25) is 14.5 Å². The van der Waals surface area contributed by atoms with E-state index < -0.39 is 16.1 Å². The van der Waals surface area contributed by atoms with Gasteiger partial charge in [0.15, 0.2) is 0 Å². The number of hydrogen-bond donors (Lipinski definition) is 3. The van der Waals surface area contributed by atoms with E-state index in [4.69, 9.17) is 5.14 Å². The van der Waals surface area contributed by atoms with E-state index in [9.17, 15) is 22.8 Å². The highest BCUT2D eigenvalue weighted by Gasteiger charge is 2.35. The first-order valence-electron chi connectivity index (χ1n) is 9.73. The second kappa shape index (κ2) is 8.86. The fraction of sp³-hybridized carbons (Fsp3) is 0.286. The fourth-order valence-corrected chi connectivity index (χ4v) is 3.76. The third-order valence-electron chi connectivity index (χ3n) is 4.73. The van der Waals surface area contributed by atoms with Crippen LogP contribution in [0.1, 0.15) is 40.1 Å². The molecule has 0 aliphatic carbocycles. The number of urea groups is 1. The Labute approximate surface area is 180 Å². The lowest BCUT2D eigenvalue weighted by molar-refractivity contribution is 0.0636. The Bertz CT molecular complexity index is 1130. The van der Waals surface area contributed by atoms with Crippen molar-refractivity contribution in [2.75, 3.05) is 18.4 Å². The molecule has 2 aromatic carbocycles. The Morgan fingerprint density at radius 2 is 1.68 bits per heavy atom. The minimum Gasteiger partial charge on any atom is -0.338 e. The lowest BCUT2D eigenvalue weighted by Gasteiger charge is -2.15. The Morgan fingerprint density at radius 3 is 2.29 bits per heavy atom. The smallest absolute Gasteiger partial charge is 0.319 e. The van der Waals surface area contributed by atoms with Crippen molar-refractivity contribution in [1.82, 2.24) is 10.2 Å². The van der Waals surface area contributed by atoms with E-state index in [2.05, 4.69) is 10.6 Å². The van der Waals surface area contributed by atoms with E-state index in [0.717, 1.165) is 5.56 Å². The van der Waals surface area contributed by atoms with Crippen LogP contribution in [0.3, 0.4) is 0 Å². The van der Waals surface area contributed by atoms with Crippen LogP contribution in [0.25, 0.3) is 0 Å². The molecule has 0 aromatic heterocycles. The molecule has 0 radical (unpaired) electrons. The molecule has 9 nitrogen and oxygen atoms in total. The molecule has 0 saturated heterocycles. The van der Waals surface area contributed by atoms with Gasteiger partial charge in [-0.2, -0.15) is 0 Å². The molecule has 0 saturated carbocycles. The average molecular weight is 445 g/mol. The summed E-state index contributed by atoms with van der Waals surface area (Å²) in [4.78, 5) is 38.3. The number of primary sulfonamides is 1. The maximum absolute atomic E-state index is 12.5. The Kier molecular flexibility index (Phi) is 6.42. The second-order valence-electron chi connectivity index (χ2n) is 7.69. The molecule has 1 heterocycles. The number of nitrogens with one attached hydrogen (secondary N) is 2. The fourth-order valence-electron chi connectivity index (χ4n) is 3.24. The number of nitrogens with zero attached hydrogens (tertiary/aromatic N) is 1. The maximum Gasteiger partial charge on any atom is 0.319 e. The molecule has 0 bridgehead atoms. The Morgan fingerprint density at radius 1 is 1.03 bits per heavy atom. The molecule has 10 heteroatoms. The summed E-state index contributed by atoms with van der Waals surface area (Å²) in [6.07, 6.45) is 0.486. The number of benzene rings is 2. The molecular formula is C21H24N4O5S. The molecule has 1 aliphatic heterocycles. The SMILES string of the molecule is CC(C)CN1C(=O)c2ccc(NC(=O)NCCc3ccc(S(N)(=O)=O)cc3)cc2C1=O. The van der Waals surface area contributed by atoms with Crippen molar-refractivity contribution in [1.29, 1.82) is 0 Å². The van der Waals surface area contributed by atoms with Crippen LogP contribution in [0, 0.1) is 5.92 Å². The third kappa shape index (κ3) is 5.28. The number of fused-ring (bicyclic) bond motifs is 1. The van der Waals surface area contributed by atoms with Gasteiger partial charge >= 0.3 is 6.03 Å². The quantitative estimate of drug-likeness (QED) is 0.560. The molecule has 164 valence electrons. The molecule has 0 fully saturated rings. The average Bonchev–Trinajstić information content (AvgIpc) is 2.92. The number of nitrogens with two attached hydrogens (primary N) is 1. The number of anilines is 1. The molecule has 0 unspecified atom stereocenters. The van der Waals surface area contributed by atoms with Crippen molar-refractivity contribution in [2.45, 2.75) is 25.2 Å². The van der Waals surface area contributed by atoms with E-state index in [1.807, 2.05) is 13.8 Å². The molecule has 0 spiro atoms. The number of sulfonamides is 1. The first-order chi connectivity index (χ1) is 14.6. The summed E-state index contributed by atoms with van der Waals surface area (Å²) in [5.41, 5.74) is 1.85. The van der Waals surface area contributed by atoms with Crippen molar-refractivity contribution < 1.29 is 22.8 Å². The summed E-state index contributed by atoms with van der Waals surface area (Å²) in [6.45, 7) is 4.50. The van der Waals surface area contributed by atoms with Crippen LogP contribution in [-0.2, 0) is 16.4 Å². The van der Waals surface area contributed by atoms with Gasteiger partial charge in [0.1, 0.15) is 0 Å². The van der Waals surface area contributed by atoms with Gasteiger partial charge in [0.05, 0.1) is 16.0 Å². The van der Waals surface area contributed by atoms with Gasteiger partial charge in [-0.1, -0.05) is 26.0 Å². The molecule has 3 rings (SSSR count). The zero-order valence-electron chi connectivity index (χ0n) is 17.2. The van der Waals surface area contributed by atoms with Crippen LogP contribution >= 0.6 is 0 Å². The van der Waals surface area contributed by atoms with Gasteiger partial charge in [-0.25, -0.2) is 18.4 Å². The molecular weight excluding hydrogens is 420 g/mol. The number of rotatable bonds is 7. The minimum atomic E-state index is -3.74. The van der Waals surface area contributed by atoms with Crippen LogP contribution in [0.15, 0.2) is 47.4 Å². The van der Waals surface area contributed by atoms with Gasteiger partial charge in [-0.15, -0.1) is 0 Å². The Hall–Kier alpha value is -3.24. The number of hydrogen-bond acceptors (Lipinski definition) is 5. The highest BCUT2D eigenvalue weighted by Crippen LogP contribution is 2.26. The number of amides is 4. The summed E-state index contributed by atoms with van der Waals surface area (Å²) in [6, 6.07) is 10.2. The molecule has 4 amide bonds. The summed E-state index contributed by atoms with van der Waals surface area (Å²) < 4.78 is 22.5. The lowest BCUT2D eigenvalue weighted by Crippen LogP contribution is -2.33. The van der Waals surface area contributed by atoms with Crippen LogP contribution in [0.2, 0.25) is 0 Å². The summed E-state index contributed by atoms with van der Waals surface area (Å²) in [7, 11) is -3.74. The van der Waals surface area contributed by atoms with Gasteiger partial charge in [-0.05, 0) is 48.2 Å². The van der Waals surface area contributed by atoms with Crippen LogP contribution in [0.4, 0.5) is 10.5 Å². The molecule has 0 atom stereocenters. The van der Waals surface area contributed by atoms with Crippen molar-refractivity contribution in [3.8, 4) is 0 Å². The molecule has 31 heavy (non-hydrogen) atoms. The summed E-state index contributed by atoms with van der Waals surface area (Å²) in [5.74, 6) is -0.527. The zero-order chi connectivity index (χ0) is 22.8. The van der Waals surface area contributed by atoms with Crippen LogP contribution in [0.5, 0.6) is 0 Å². The standard InChI is InChI=1S/C21H24N4O5S/c1-13(2)12-25-19(26)17-8-5-15(11-18(17)20(25)27)24-21(28)23-10-9-14-3-6-16(7-4-14)31(22,29)30/h3-8,11,13H,9-10,12H2,1-2H3,(H2,22,29,30)(H2,23,24,28). The highest BCUT2D eigenvalue weighted by molar-refractivity contribution is 7.89. The van der Waals surface area contributed by atoms with Crippen LogP contribution in [-0.4, -0.2) is 44.3 Å². The van der Waals surface area contributed by atoms with E-state index in [1.165, 1.54) is 23.1 Å². The minimum absolute atomic E-state index is 0.0264. The van der Waals surface area contributed by atoms with Gasteiger partial charge < -0.3 is 10.6 Å². The lowest BCUT2D eigenvalue weighted by atomic mass is 10.1. The number of imide groups is 1. The Balaban J connectivity index is 1.56. The zero-order valence-corrected chi connectivity index (χ0v) is 18.0. The predicted molar refractivity (Wildman–Crippen MR) is 115 cm³/mol.